The van der Waals surface area contributed by atoms with Gasteiger partial charge in [-0.1, -0.05) is 20.3 Å². The Bertz CT molecular complexity index is 146. The minimum atomic E-state index is -0.801. The molecule has 0 aliphatic carbocycles. The van der Waals surface area contributed by atoms with Crippen LogP contribution in [-0.2, 0) is 0 Å². The van der Waals surface area contributed by atoms with E-state index in [4.69, 9.17) is 5.26 Å². The van der Waals surface area contributed by atoms with E-state index in [9.17, 15) is 5.11 Å². The van der Waals surface area contributed by atoms with Crippen LogP contribution >= 0.6 is 0 Å². The molecule has 0 aliphatic heterocycles. The molecule has 2 unspecified atom stereocenters. The van der Waals surface area contributed by atoms with Gasteiger partial charge in [0.15, 0.2) is 0 Å². The van der Waals surface area contributed by atoms with Crippen molar-refractivity contribution in [3.05, 3.63) is 0 Å². The van der Waals surface area contributed by atoms with Crippen LogP contribution in [-0.4, -0.2) is 10.7 Å². The minimum Gasteiger partial charge on any atom is -0.389 e. The van der Waals surface area contributed by atoms with E-state index >= 15 is 0 Å². The molecule has 0 aromatic carbocycles. The number of hydrogen-bond donors (Lipinski definition) is 1. The fraction of sp³-hybridized carbons (Fsp3) is 0.889. The van der Waals surface area contributed by atoms with Crippen molar-refractivity contribution < 1.29 is 5.11 Å². The van der Waals surface area contributed by atoms with Crippen LogP contribution in [0, 0.1) is 17.2 Å². The third-order valence-electron chi connectivity index (χ3n) is 2.20. The number of hydrogen-bond acceptors (Lipinski definition) is 2. The van der Waals surface area contributed by atoms with Crippen LogP contribution in [0.1, 0.15) is 40.0 Å². The molecule has 0 radical (unpaired) electrons. The number of aliphatic hydroxyl groups is 1. The van der Waals surface area contributed by atoms with E-state index < -0.39 is 5.60 Å². The summed E-state index contributed by atoms with van der Waals surface area (Å²) in [4.78, 5) is 0. The zero-order chi connectivity index (χ0) is 8.91. The molecule has 0 aromatic heterocycles. The minimum absolute atomic E-state index is 0.211. The highest BCUT2D eigenvalue weighted by Gasteiger charge is 2.28. The van der Waals surface area contributed by atoms with Crippen molar-refractivity contribution in [2.75, 3.05) is 0 Å². The molecule has 0 saturated heterocycles. The second-order valence-electron chi connectivity index (χ2n) is 3.18. The molecular formula is C9H17NO. The van der Waals surface area contributed by atoms with E-state index in [2.05, 4.69) is 6.07 Å². The van der Waals surface area contributed by atoms with Crippen LogP contribution in [0.2, 0.25) is 0 Å². The van der Waals surface area contributed by atoms with Gasteiger partial charge in [-0.25, -0.2) is 0 Å². The fourth-order valence-corrected chi connectivity index (χ4v) is 1.05. The van der Waals surface area contributed by atoms with Gasteiger partial charge in [0.05, 0.1) is 17.6 Å². The van der Waals surface area contributed by atoms with Crippen molar-refractivity contribution >= 4 is 0 Å². The van der Waals surface area contributed by atoms with E-state index in [1.54, 1.807) is 6.92 Å². The van der Waals surface area contributed by atoms with Crippen molar-refractivity contribution in [3.8, 4) is 6.07 Å². The van der Waals surface area contributed by atoms with E-state index in [-0.39, 0.29) is 5.92 Å². The van der Waals surface area contributed by atoms with Gasteiger partial charge in [0, 0.05) is 0 Å². The van der Waals surface area contributed by atoms with Gasteiger partial charge in [-0.15, -0.1) is 0 Å². The maximum atomic E-state index is 9.69. The summed E-state index contributed by atoms with van der Waals surface area (Å²) in [7, 11) is 0. The molecule has 2 nitrogen and oxygen atoms in total. The molecule has 0 aromatic rings. The van der Waals surface area contributed by atoms with Crippen molar-refractivity contribution in [1.82, 2.24) is 0 Å². The molecule has 0 bridgehead atoms. The Kier molecular flexibility index (Phi) is 4.14. The summed E-state index contributed by atoms with van der Waals surface area (Å²) in [5.41, 5.74) is -0.801. The first-order valence-corrected chi connectivity index (χ1v) is 4.20. The first-order chi connectivity index (χ1) is 5.08. The molecule has 0 saturated carbocycles. The summed E-state index contributed by atoms with van der Waals surface area (Å²) in [6, 6.07) is 2.14. The Labute approximate surface area is 68.8 Å². The zero-order valence-electron chi connectivity index (χ0n) is 7.59. The fourth-order valence-electron chi connectivity index (χ4n) is 1.05. The highest BCUT2D eigenvalue weighted by atomic mass is 16.3. The molecule has 0 heterocycles. The lowest BCUT2D eigenvalue weighted by atomic mass is 9.85. The summed E-state index contributed by atoms with van der Waals surface area (Å²) >= 11 is 0. The Morgan fingerprint density at radius 1 is 1.55 bits per heavy atom. The smallest absolute Gasteiger partial charge is 0.0774 e. The van der Waals surface area contributed by atoms with Gasteiger partial charge < -0.3 is 5.11 Å². The highest BCUT2D eigenvalue weighted by molar-refractivity contribution is 4.95. The highest BCUT2D eigenvalue weighted by Crippen LogP contribution is 2.24. The van der Waals surface area contributed by atoms with Gasteiger partial charge in [0.25, 0.3) is 0 Å². The lowest BCUT2D eigenvalue weighted by Crippen LogP contribution is -2.32. The van der Waals surface area contributed by atoms with Gasteiger partial charge in [-0.3, -0.25) is 0 Å². The van der Waals surface area contributed by atoms with Gasteiger partial charge in [-0.05, 0) is 19.8 Å². The first kappa shape index (κ1) is 10.4. The molecular weight excluding hydrogens is 138 g/mol. The van der Waals surface area contributed by atoms with Gasteiger partial charge in [0.1, 0.15) is 0 Å². The largest absolute Gasteiger partial charge is 0.389 e. The predicted molar refractivity (Wildman–Crippen MR) is 44.9 cm³/mol. The Hall–Kier alpha value is -0.550. The van der Waals surface area contributed by atoms with Gasteiger partial charge in [-0.2, -0.15) is 5.26 Å². The second-order valence-corrected chi connectivity index (χ2v) is 3.18. The standard InChI is InChI=1S/C9H17NO/c1-4-6-8(7-10)9(3,11)5-2/h8,11H,4-6H2,1-3H3. The maximum Gasteiger partial charge on any atom is 0.0774 e. The lowest BCUT2D eigenvalue weighted by Gasteiger charge is -2.26. The number of rotatable bonds is 4. The molecule has 0 fully saturated rings. The van der Waals surface area contributed by atoms with Crippen LogP contribution in [0.15, 0.2) is 0 Å². The average Bonchev–Trinajstić information content (AvgIpc) is 2.00. The lowest BCUT2D eigenvalue weighted by molar-refractivity contribution is 0.0138. The van der Waals surface area contributed by atoms with E-state index in [0.29, 0.717) is 6.42 Å². The Morgan fingerprint density at radius 3 is 2.36 bits per heavy atom. The normalized spacial score (nSPS) is 18.5. The van der Waals surface area contributed by atoms with Crippen LogP contribution in [0.3, 0.4) is 0 Å². The molecule has 2 heteroatoms. The van der Waals surface area contributed by atoms with E-state index in [1.165, 1.54) is 0 Å². The molecule has 0 aliphatic rings. The second kappa shape index (κ2) is 4.35. The van der Waals surface area contributed by atoms with E-state index in [0.717, 1.165) is 12.8 Å². The third-order valence-corrected chi connectivity index (χ3v) is 2.20. The van der Waals surface area contributed by atoms with Crippen molar-refractivity contribution in [1.29, 1.82) is 5.26 Å². The van der Waals surface area contributed by atoms with Crippen LogP contribution in [0.25, 0.3) is 0 Å². The van der Waals surface area contributed by atoms with Crippen LogP contribution < -0.4 is 0 Å². The van der Waals surface area contributed by atoms with E-state index in [1.807, 2.05) is 13.8 Å². The van der Waals surface area contributed by atoms with Crippen molar-refractivity contribution in [3.63, 3.8) is 0 Å². The Morgan fingerprint density at radius 2 is 2.09 bits per heavy atom. The van der Waals surface area contributed by atoms with Crippen molar-refractivity contribution in [2.24, 2.45) is 5.92 Å². The van der Waals surface area contributed by atoms with Crippen molar-refractivity contribution in [2.45, 2.75) is 45.6 Å². The molecule has 1 N–H and O–H groups in total. The quantitative estimate of drug-likeness (QED) is 0.675. The molecule has 0 amide bonds. The molecule has 2 atom stereocenters. The summed E-state index contributed by atoms with van der Waals surface area (Å²) in [5.74, 6) is -0.211. The Balaban J connectivity index is 4.14. The van der Waals surface area contributed by atoms with Gasteiger partial charge >= 0.3 is 0 Å². The average molecular weight is 155 g/mol. The van der Waals surface area contributed by atoms with Crippen LogP contribution in [0.4, 0.5) is 0 Å². The molecule has 64 valence electrons. The third kappa shape index (κ3) is 2.90. The maximum absolute atomic E-state index is 9.69. The molecule has 11 heavy (non-hydrogen) atoms. The molecule has 0 rings (SSSR count). The van der Waals surface area contributed by atoms with Gasteiger partial charge in [0.2, 0.25) is 0 Å². The first-order valence-electron chi connectivity index (χ1n) is 4.20. The summed E-state index contributed by atoms with van der Waals surface area (Å²) in [6.45, 7) is 5.66. The zero-order valence-corrected chi connectivity index (χ0v) is 7.59. The number of nitrogens with zero attached hydrogens (tertiary/aromatic N) is 1. The molecule has 0 spiro atoms. The topological polar surface area (TPSA) is 44.0 Å². The summed E-state index contributed by atoms with van der Waals surface area (Å²) in [5, 5.41) is 18.4. The monoisotopic (exact) mass is 155 g/mol. The SMILES string of the molecule is CCCC(C#N)C(C)(O)CC. The number of nitriles is 1. The predicted octanol–water partition coefficient (Wildman–Crippen LogP) is 2.09. The summed E-state index contributed by atoms with van der Waals surface area (Å²) in [6.07, 6.45) is 2.39. The summed E-state index contributed by atoms with van der Waals surface area (Å²) < 4.78 is 0. The van der Waals surface area contributed by atoms with Crippen LogP contribution in [0.5, 0.6) is 0 Å².